The minimum absolute atomic E-state index is 0.0134. The Kier molecular flexibility index (Phi) is 1.72. The lowest BCUT2D eigenvalue weighted by Gasteiger charge is -2.21. The lowest BCUT2D eigenvalue weighted by molar-refractivity contribution is 0.0906. The second-order valence-corrected chi connectivity index (χ2v) is 3.99. The van der Waals surface area contributed by atoms with Gasteiger partial charge in [0.2, 0.25) is 0 Å². The van der Waals surface area contributed by atoms with Gasteiger partial charge in [-0.25, -0.2) is 0 Å². The molecule has 1 aliphatic heterocycles. The van der Waals surface area contributed by atoms with Gasteiger partial charge in [0.1, 0.15) is 5.69 Å². The summed E-state index contributed by atoms with van der Waals surface area (Å²) in [4.78, 5) is 11.4. The zero-order chi connectivity index (χ0) is 8.72. The van der Waals surface area contributed by atoms with E-state index in [4.69, 9.17) is 0 Å². The normalized spacial score (nSPS) is 21.8. The van der Waals surface area contributed by atoms with E-state index in [1.165, 1.54) is 0 Å². The molecule has 0 bridgehead atoms. The third-order valence-corrected chi connectivity index (χ3v) is 2.38. The maximum absolute atomic E-state index is 11.4. The molecule has 1 aromatic heterocycles. The molecule has 0 fully saturated rings. The molecule has 2 heterocycles. The number of hydrogen-bond acceptors (Lipinski definition) is 1. The van der Waals surface area contributed by atoms with Gasteiger partial charge in [0.15, 0.2) is 0 Å². The highest BCUT2D eigenvalue weighted by atomic mass is 79.9. The molecule has 0 spiro atoms. The average Bonchev–Trinajstić information content (AvgIpc) is 2.29. The number of halogens is 1. The molecule has 1 amide bonds. The first-order valence-electron chi connectivity index (χ1n) is 3.83. The third-order valence-electron chi connectivity index (χ3n) is 1.94. The van der Waals surface area contributed by atoms with Crippen LogP contribution in [0.15, 0.2) is 16.7 Å². The van der Waals surface area contributed by atoms with Crippen LogP contribution in [0, 0.1) is 0 Å². The van der Waals surface area contributed by atoms with Crippen LogP contribution in [0.25, 0.3) is 0 Å². The number of nitrogens with one attached hydrogen (secondary N) is 1. The molecular weight excluding hydrogens is 220 g/mol. The van der Waals surface area contributed by atoms with E-state index in [0.717, 1.165) is 16.7 Å². The molecule has 1 aromatic rings. The molecule has 3 nitrogen and oxygen atoms in total. The van der Waals surface area contributed by atoms with Gasteiger partial charge < -0.3 is 9.88 Å². The number of hydrogen-bond donors (Lipinski definition) is 1. The van der Waals surface area contributed by atoms with E-state index in [-0.39, 0.29) is 11.9 Å². The summed E-state index contributed by atoms with van der Waals surface area (Å²) >= 11 is 3.34. The van der Waals surface area contributed by atoms with Gasteiger partial charge in [-0.15, -0.1) is 0 Å². The van der Waals surface area contributed by atoms with Crippen molar-refractivity contribution in [3.05, 3.63) is 22.4 Å². The van der Waals surface area contributed by atoms with E-state index in [1.807, 2.05) is 23.8 Å². The molecule has 1 aliphatic rings. The van der Waals surface area contributed by atoms with E-state index in [0.29, 0.717) is 0 Å². The summed E-state index contributed by atoms with van der Waals surface area (Å²) in [7, 11) is 0. The highest BCUT2D eigenvalue weighted by molar-refractivity contribution is 9.10. The van der Waals surface area contributed by atoms with Crippen molar-refractivity contribution in [2.24, 2.45) is 0 Å². The van der Waals surface area contributed by atoms with Crippen molar-refractivity contribution in [1.29, 1.82) is 0 Å². The topological polar surface area (TPSA) is 34.0 Å². The summed E-state index contributed by atoms with van der Waals surface area (Å²) in [5, 5.41) is 2.87. The average molecular weight is 229 g/mol. The smallest absolute Gasteiger partial charge is 0.268 e. The molecule has 4 heteroatoms. The minimum atomic E-state index is 0.0134. The number of amides is 1. The Morgan fingerprint density at radius 2 is 2.50 bits per heavy atom. The van der Waals surface area contributed by atoms with Gasteiger partial charge in [-0.3, -0.25) is 4.79 Å². The summed E-state index contributed by atoms with van der Waals surface area (Å²) in [6.45, 7) is 2.85. The quantitative estimate of drug-likeness (QED) is 0.716. The Hall–Kier alpha value is -0.770. The maximum atomic E-state index is 11.4. The van der Waals surface area contributed by atoms with Gasteiger partial charge in [0, 0.05) is 23.3 Å². The van der Waals surface area contributed by atoms with Crippen LogP contribution in [-0.2, 0) is 6.54 Å². The fourth-order valence-electron chi connectivity index (χ4n) is 1.45. The van der Waals surface area contributed by atoms with Crippen LogP contribution in [0.3, 0.4) is 0 Å². The van der Waals surface area contributed by atoms with Gasteiger partial charge >= 0.3 is 0 Å². The lowest BCUT2D eigenvalue weighted by Crippen LogP contribution is -2.41. The monoisotopic (exact) mass is 228 g/mol. The Morgan fingerprint density at radius 3 is 3.25 bits per heavy atom. The predicted octanol–water partition coefficient (Wildman–Crippen LogP) is 1.38. The molecule has 0 radical (unpaired) electrons. The molecule has 0 saturated heterocycles. The van der Waals surface area contributed by atoms with Crippen LogP contribution in [-0.4, -0.2) is 16.5 Å². The largest absolute Gasteiger partial charge is 0.347 e. The van der Waals surface area contributed by atoms with Crippen molar-refractivity contribution in [2.75, 3.05) is 0 Å². The van der Waals surface area contributed by atoms with E-state index in [2.05, 4.69) is 21.2 Å². The second-order valence-electron chi connectivity index (χ2n) is 3.07. The third kappa shape index (κ3) is 1.16. The van der Waals surface area contributed by atoms with Gasteiger partial charge in [-0.05, 0) is 28.9 Å². The van der Waals surface area contributed by atoms with Gasteiger partial charge in [-0.1, -0.05) is 0 Å². The van der Waals surface area contributed by atoms with Crippen molar-refractivity contribution in [3.63, 3.8) is 0 Å². The van der Waals surface area contributed by atoms with Gasteiger partial charge in [-0.2, -0.15) is 0 Å². The van der Waals surface area contributed by atoms with E-state index in [9.17, 15) is 4.79 Å². The fourth-order valence-corrected chi connectivity index (χ4v) is 1.92. The van der Waals surface area contributed by atoms with Crippen molar-refractivity contribution in [3.8, 4) is 0 Å². The van der Waals surface area contributed by atoms with Crippen LogP contribution in [0.2, 0.25) is 0 Å². The zero-order valence-electron chi connectivity index (χ0n) is 6.67. The molecule has 0 saturated carbocycles. The van der Waals surface area contributed by atoms with E-state index < -0.39 is 0 Å². The Morgan fingerprint density at radius 1 is 1.75 bits per heavy atom. The van der Waals surface area contributed by atoms with Crippen LogP contribution >= 0.6 is 15.9 Å². The number of carbonyl (C=O) groups is 1. The number of carbonyl (C=O) groups excluding carboxylic acids is 1. The summed E-state index contributed by atoms with van der Waals surface area (Å²) in [5.41, 5.74) is 0.736. The summed E-state index contributed by atoms with van der Waals surface area (Å²) in [6, 6.07) is 2.06. The van der Waals surface area contributed by atoms with Crippen molar-refractivity contribution in [1.82, 2.24) is 9.88 Å². The number of fused-ring (bicyclic) bond motifs is 1. The van der Waals surface area contributed by atoms with Crippen LogP contribution in [0.1, 0.15) is 17.4 Å². The molecule has 1 atom stereocenters. The Labute approximate surface area is 78.9 Å². The highest BCUT2D eigenvalue weighted by Gasteiger charge is 2.21. The van der Waals surface area contributed by atoms with Crippen molar-refractivity contribution in [2.45, 2.75) is 19.5 Å². The number of aromatic nitrogens is 1. The van der Waals surface area contributed by atoms with Crippen LogP contribution in [0.4, 0.5) is 0 Å². The fraction of sp³-hybridized carbons (Fsp3) is 0.375. The number of rotatable bonds is 0. The van der Waals surface area contributed by atoms with E-state index >= 15 is 0 Å². The van der Waals surface area contributed by atoms with Crippen LogP contribution < -0.4 is 5.32 Å². The second kappa shape index (κ2) is 2.62. The maximum Gasteiger partial charge on any atom is 0.268 e. The van der Waals surface area contributed by atoms with Crippen molar-refractivity contribution < 1.29 is 4.79 Å². The lowest BCUT2D eigenvalue weighted by atomic mass is 10.2. The first-order valence-corrected chi connectivity index (χ1v) is 4.62. The van der Waals surface area contributed by atoms with E-state index in [1.54, 1.807) is 0 Å². The first-order chi connectivity index (χ1) is 5.66. The molecule has 1 unspecified atom stereocenters. The van der Waals surface area contributed by atoms with Crippen molar-refractivity contribution >= 4 is 21.8 Å². The standard InChI is InChI=1S/C8H9BrN2O/c1-5-3-11-4-6(9)2-7(11)8(12)10-5/h2,4-5H,3H2,1H3,(H,10,12). The van der Waals surface area contributed by atoms with Crippen LogP contribution in [0.5, 0.6) is 0 Å². The summed E-state index contributed by atoms with van der Waals surface area (Å²) in [6.07, 6.45) is 1.94. The molecular formula is C8H9BrN2O. The molecule has 1 N–H and O–H groups in total. The minimum Gasteiger partial charge on any atom is -0.347 e. The molecule has 2 rings (SSSR count). The first kappa shape index (κ1) is 7.86. The number of nitrogens with zero attached hydrogens (tertiary/aromatic N) is 1. The SMILES string of the molecule is CC1Cn2cc(Br)cc2C(=O)N1. The zero-order valence-corrected chi connectivity index (χ0v) is 8.26. The van der Waals surface area contributed by atoms with Gasteiger partial charge in [0.05, 0.1) is 0 Å². The highest BCUT2D eigenvalue weighted by Crippen LogP contribution is 2.17. The molecule has 64 valence electrons. The Bertz CT molecular complexity index is 332. The summed E-state index contributed by atoms with van der Waals surface area (Å²) < 4.78 is 2.93. The molecule has 0 aliphatic carbocycles. The Balaban J connectivity index is 2.46. The predicted molar refractivity (Wildman–Crippen MR) is 49.1 cm³/mol. The summed E-state index contributed by atoms with van der Waals surface area (Å²) in [5.74, 6) is 0.0134. The molecule has 0 aromatic carbocycles. The molecule has 12 heavy (non-hydrogen) atoms. The van der Waals surface area contributed by atoms with Gasteiger partial charge in [0.25, 0.3) is 5.91 Å².